The molecular formula is C19H27N5O5S2. The number of carbonyl (C=O) groups excluding carboxylic acids is 1. The van der Waals surface area contributed by atoms with Gasteiger partial charge < -0.3 is 4.90 Å². The highest BCUT2D eigenvalue weighted by Crippen LogP contribution is 2.24. The van der Waals surface area contributed by atoms with Gasteiger partial charge >= 0.3 is 0 Å². The third kappa shape index (κ3) is 4.81. The molecule has 0 saturated carbocycles. The van der Waals surface area contributed by atoms with E-state index < -0.39 is 26.0 Å². The van der Waals surface area contributed by atoms with E-state index in [1.807, 2.05) is 6.92 Å². The molecule has 1 amide bonds. The Hall–Kier alpha value is -2.28. The van der Waals surface area contributed by atoms with Crippen LogP contribution in [0, 0.1) is 13.8 Å². The van der Waals surface area contributed by atoms with Crippen LogP contribution in [0.1, 0.15) is 18.3 Å². The van der Waals surface area contributed by atoms with E-state index in [1.54, 1.807) is 36.7 Å². The van der Waals surface area contributed by atoms with Crippen LogP contribution in [-0.2, 0) is 31.4 Å². The quantitative estimate of drug-likeness (QED) is 0.624. The normalized spacial score (nSPS) is 15.9. The molecule has 0 aliphatic carbocycles. The van der Waals surface area contributed by atoms with Gasteiger partial charge in [-0.15, -0.1) is 0 Å². The van der Waals surface area contributed by atoms with E-state index in [0.29, 0.717) is 17.9 Å². The highest BCUT2D eigenvalue weighted by atomic mass is 32.2. The Morgan fingerprint density at radius 3 is 2.19 bits per heavy atom. The third-order valence-electron chi connectivity index (χ3n) is 5.27. The molecule has 1 N–H and O–H groups in total. The predicted molar refractivity (Wildman–Crippen MR) is 114 cm³/mol. The Morgan fingerprint density at radius 1 is 1.03 bits per heavy atom. The van der Waals surface area contributed by atoms with Crippen molar-refractivity contribution in [3.8, 4) is 0 Å². The van der Waals surface area contributed by atoms with Gasteiger partial charge in [0.15, 0.2) is 0 Å². The molecule has 1 aliphatic heterocycles. The molecule has 1 aliphatic rings. The van der Waals surface area contributed by atoms with Gasteiger partial charge in [-0.25, -0.2) is 21.6 Å². The second-order valence-corrected chi connectivity index (χ2v) is 10.9. The smallest absolute Gasteiger partial charge is 0.246 e. The van der Waals surface area contributed by atoms with E-state index in [2.05, 4.69) is 9.82 Å². The number of aromatic nitrogens is 2. The largest absolute Gasteiger partial charge is 0.339 e. The summed E-state index contributed by atoms with van der Waals surface area (Å²) in [6, 6.07) is 7.80. The van der Waals surface area contributed by atoms with E-state index >= 15 is 0 Å². The molecule has 12 heteroatoms. The molecule has 1 saturated heterocycles. The number of sulfonamides is 2. The van der Waals surface area contributed by atoms with Crippen molar-refractivity contribution < 1.29 is 21.6 Å². The molecular weight excluding hydrogens is 442 g/mol. The van der Waals surface area contributed by atoms with Crippen molar-refractivity contribution in [1.82, 2.24) is 23.7 Å². The number of nitrogens with zero attached hydrogens (tertiary/aromatic N) is 4. The number of piperazine rings is 1. The molecule has 0 radical (unpaired) electrons. The number of hydrogen-bond acceptors (Lipinski definition) is 6. The van der Waals surface area contributed by atoms with Crippen LogP contribution in [0.4, 0.5) is 0 Å². The molecule has 0 atom stereocenters. The number of rotatable bonds is 7. The van der Waals surface area contributed by atoms with Crippen LogP contribution in [0.5, 0.6) is 0 Å². The molecule has 0 unspecified atom stereocenters. The summed E-state index contributed by atoms with van der Waals surface area (Å²) in [5.74, 6) is -0.400. The lowest BCUT2D eigenvalue weighted by Crippen LogP contribution is -2.52. The van der Waals surface area contributed by atoms with Crippen LogP contribution in [0.15, 0.2) is 40.1 Å². The zero-order valence-corrected chi connectivity index (χ0v) is 19.4. The SMILES string of the molecule is CCn1nc(C)c(S(=O)(=O)N2CCN(C(=O)CNS(=O)(=O)c3ccccc3)CC2)c1C. The van der Waals surface area contributed by atoms with E-state index in [0.717, 1.165) is 0 Å². The lowest BCUT2D eigenvalue weighted by Gasteiger charge is -2.34. The minimum Gasteiger partial charge on any atom is -0.339 e. The Labute approximate surface area is 182 Å². The first-order valence-corrected chi connectivity index (χ1v) is 12.9. The summed E-state index contributed by atoms with van der Waals surface area (Å²) in [4.78, 5) is 14.2. The fourth-order valence-electron chi connectivity index (χ4n) is 3.62. The van der Waals surface area contributed by atoms with E-state index in [-0.39, 0.29) is 42.5 Å². The number of aryl methyl sites for hydroxylation is 2. The van der Waals surface area contributed by atoms with Crippen molar-refractivity contribution in [2.45, 2.75) is 37.1 Å². The summed E-state index contributed by atoms with van der Waals surface area (Å²) in [7, 11) is -7.52. The predicted octanol–water partition coefficient (Wildman–Crippen LogP) is 0.331. The Balaban J connectivity index is 1.61. The van der Waals surface area contributed by atoms with Gasteiger partial charge in [-0.05, 0) is 32.9 Å². The summed E-state index contributed by atoms with van der Waals surface area (Å²) < 4.78 is 56.1. The average Bonchev–Trinajstić information content (AvgIpc) is 3.06. The Bertz CT molecular complexity index is 1150. The number of benzene rings is 1. The lowest BCUT2D eigenvalue weighted by molar-refractivity contribution is -0.131. The van der Waals surface area contributed by atoms with Crippen LogP contribution in [0.3, 0.4) is 0 Å². The van der Waals surface area contributed by atoms with Gasteiger partial charge in [0.05, 0.1) is 22.8 Å². The first-order chi connectivity index (χ1) is 14.6. The van der Waals surface area contributed by atoms with Crippen molar-refractivity contribution >= 4 is 26.0 Å². The maximum atomic E-state index is 13.1. The minimum atomic E-state index is -3.79. The summed E-state index contributed by atoms with van der Waals surface area (Å²) in [6.45, 7) is 6.13. The summed E-state index contributed by atoms with van der Waals surface area (Å²) in [6.07, 6.45) is 0. The van der Waals surface area contributed by atoms with E-state index in [1.165, 1.54) is 21.3 Å². The zero-order valence-electron chi connectivity index (χ0n) is 17.8. The van der Waals surface area contributed by atoms with Crippen molar-refractivity contribution in [2.75, 3.05) is 32.7 Å². The van der Waals surface area contributed by atoms with Crippen LogP contribution in [-0.4, -0.2) is 74.5 Å². The first-order valence-electron chi connectivity index (χ1n) is 9.94. The van der Waals surface area contributed by atoms with Crippen molar-refractivity contribution in [3.63, 3.8) is 0 Å². The van der Waals surface area contributed by atoms with Gasteiger partial charge in [-0.2, -0.15) is 9.40 Å². The second kappa shape index (κ2) is 9.07. The fraction of sp³-hybridized carbons (Fsp3) is 0.474. The Morgan fingerprint density at radius 2 is 1.65 bits per heavy atom. The summed E-state index contributed by atoms with van der Waals surface area (Å²) in [5, 5.41) is 4.29. The molecule has 10 nitrogen and oxygen atoms in total. The van der Waals surface area contributed by atoms with E-state index in [9.17, 15) is 21.6 Å². The first kappa shape index (κ1) is 23.4. The summed E-state index contributed by atoms with van der Waals surface area (Å²) in [5.41, 5.74) is 1.04. The van der Waals surface area contributed by atoms with Crippen LogP contribution >= 0.6 is 0 Å². The number of amides is 1. The highest BCUT2D eigenvalue weighted by molar-refractivity contribution is 7.89. The Kier molecular flexibility index (Phi) is 6.84. The monoisotopic (exact) mass is 469 g/mol. The number of nitrogens with one attached hydrogen (secondary N) is 1. The van der Waals surface area contributed by atoms with Gasteiger partial charge in [0, 0.05) is 32.7 Å². The average molecular weight is 470 g/mol. The molecule has 3 rings (SSSR count). The van der Waals surface area contributed by atoms with E-state index in [4.69, 9.17) is 0 Å². The third-order valence-corrected chi connectivity index (χ3v) is 8.84. The lowest BCUT2D eigenvalue weighted by atomic mass is 10.3. The van der Waals surface area contributed by atoms with Gasteiger partial charge in [-0.1, -0.05) is 18.2 Å². The molecule has 2 aromatic rings. The molecule has 1 aromatic heterocycles. The van der Waals surface area contributed by atoms with Gasteiger partial charge in [-0.3, -0.25) is 9.48 Å². The van der Waals surface area contributed by atoms with Gasteiger partial charge in [0.25, 0.3) is 0 Å². The van der Waals surface area contributed by atoms with Crippen LogP contribution < -0.4 is 4.72 Å². The molecule has 1 fully saturated rings. The molecule has 170 valence electrons. The standard InChI is InChI=1S/C19H27N5O5S2/c1-4-24-16(3)19(15(2)21-24)31(28,29)23-12-10-22(11-13-23)18(25)14-20-30(26,27)17-8-6-5-7-9-17/h5-9,20H,4,10-14H2,1-3H3. The maximum absolute atomic E-state index is 13.1. The molecule has 0 bridgehead atoms. The second-order valence-electron chi connectivity index (χ2n) is 7.24. The molecule has 31 heavy (non-hydrogen) atoms. The topological polar surface area (TPSA) is 122 Å². The van der Waals surface area contributed by atoms with Crippen molar-refractivity contribution in [2.24, 2.45) is 0 Å². The highest BCUT2D eigenvalue weighted by Gasteiger charge is 2.34. The molecule has 0 spiro atoms. The van der Waals surface area contributed by atoms with Gasteiger partial charge in [0.2, 0.25) is 26.0 Å². The van der Waals surface area contributed by atoms with Crippen molar-refractivity contribution in [3.05, 3.63) is 41.7 Å². The number of carbonyl (C=O) groups is 1. The minimum absolute atomic E-state index is 0.0806. The maximum Gasteiger partial charge on any atom is 0.246 e. The number of hydrogen-bond donors (Lipinski definition) is 1. The van der Waals surface area contributed by atoms with Crippen LogP contribution in [0.25, 0.3) is 0 Å². The summed E-state index contributed by atoms with van der Waals surface area (Å²) >= 11 is 0. The zero-order chi connectivity index (χ0) is 22.8. The van der Waals surface area contributed by atoms with Crippen molar-refractivity contribution in [1.29, 1.82) is 0 Å². The van der Waals surface area contributed by atoms with Crippen LogP contribution in [0.2, 0.25) is 0 Å². The molecule has 1 aromatic carbocycles. The van der Waals surface area contributed by atoms with Gasteiger partial charge in [0.1, 0.15) is 4.90 Å². The fourth-order valence-corrected chi connectivity index (χ4v) is 6.41. The molecule has 2 heterocycles.